The van der Waals surface area contributed by atoms with Crippen molar-refractivity contribution in [1.29, 1.82) is 0 Å². The molecule has 0 bridgehead atoms. The largest absolute Gasteiger partial charge is 0.497 e. The summed E-state index contributed by atoms with van der Waals surface area (Å²) in [4.78, 5) is 13.6. The zero-order valence-electron chi connectivity index (χ0n) is 15.3. The predicted molar refractivity (Wildman–Crippen MR) is 103 cm³/mol. The standard InChI is InChI=1S/C19H18F2N4O2S/c1-25(11-13-5-8-15(20)16(21)9-13)19(26)22-18-24-23-17(28-18)10-12-3-6-14(27-2)7-4-12/h3-9H,10-11H2,1-2H3,(H,22,24,26). The minimum Gasteiger partial charge on any atom is -0.497 e. The van der Waals surface area contributed by atoms with Crippen molar-refractivity contribution in [1.82, 2.24) is 15.1 Å². The maximum absolute atomic E-state index is 13.3. The molecule has 28 heavy (non-hydrogen) atoms. The molecule has 6 nitrogen and oxygen atoms in total. The van der Waals surface area contributed by atoms with Crippen LogP contribution >= 0.6 is 11.3 Å². The summed E-state index contributed by atoms with van der Waals surface area (Å²) in [6, 6.07) is 10.7. The van der Waals surface area contributed by atoms with E-state index in [-0.39, 0.29) is 6.54 Å². The lowest BCUT2D eigenvalue weighted by molar-refractivity contribution is 0.220. The van der Waals surface area contributed by atoms with Crippen LogP contribution in [0.1, 0.15) is 16.1 Å². The fraction of sp³-hybridized carbons (Fsp3) is 0.211. The number of carbonyl (C=O) groups is 1. The molecule has 0 saturated carbocycles. The molecule has 0 aliphatic heterocycles. The molecule has 0 spiro atoms. The molecule has 2 aromatic carbocycles. The van der Waals surface area contributed by atoms with Crippen LogP contribution in [0.4, 0.5) is 18.7 Å². The van der Waals surface area contributed by atoms with E-state index in [9.17, 15) is 13.6 Å². The third kappa shape index (κ3) is 5.01. The Morgan fingerprint density at radius 1 is 1.11 bits per heavy atom. The molecule has 1 heterocycles. The number of hydrogen-bond acceptors (Lipinski definition) is 5. The van der Waals surface area contributed by atoms with Crippen molar-refractivity contribution in [2.24, 2.45) is 0 Å². The number of rotatable bonds is 6. The molecular weight excluding hydrogens is 386 g/mol. The highest BCUT2D eigenvalue weighted by Gasteiger charge is 2.14. The Bertz CT molecular complexity index is 963. The van der Waals surface area contributed by atoms with Gasteiger partial charge in [0.2, 0.25) is 5.13 Å². The highest BCUT2D eigenvalue weighted by molar-refractivity contribution is 7.15. The fourth-order valence-corrected chi connectivity index (χ4v) is 3.23. The Labute approximate surface area is 164 Å². The molecule has 2 amide bonds. The fourth-order valence-electron chi connectivity index (χ4n) is 2.46. The molecule has 0 atom stereocenters. The normalized spacial score (nSPS) is 10.6. The van der Waals surface area contributed by atoms with E-state index in [4.69, 9.17) is 4.74 Å². The van der Waals surface area contributed by atoms with Crippen LogP contribution in [0.2, 0.25) is 0 Å². The molecule has 1 N–H and O–H groups in total. The minimum absolute atomic E-state index is 0.126. The van der Waals surface area contributed by atoms with Crippen molar-refractivity contribution in [3.05, 3.63) is 70.2 Å². The van der Waals surface area contributed by atoms with Gasteiger partial charge in [-0.3, -0.25) is 5.32 Å². The van der Waals surface area contributed by atoms with Gasteiger partial charge in [0.25, 0.3) is 0 Å². The number of methoxy groups -OCH3 is 1. The topological polar surface area (TPSA) is 67.4 Å². The first-order valence-electron chi connectivity index (χ1n) is 8.36. The number of urea groups is 1. The highest BCUT2D eigenvalue weighted by atomic mass is 32.1. The molecule has 0 aliphatic rings. The van der Waals surface area contributed by atoms with Crippen LogP contribution in [-0.2, 0) is 13.0 Å². The molecule has 0 saturated heterocycles. The monoisotopic (exact) mass is 404 g/mol. The van der Waals surface area contributed by atoms with Crippen LogP contribution in [0.5, 0.6) is 5.75 Å². The van der Waals surface area contributed by atoms with Crippen molar-refractivity contribution in [2.75, 3.05) is 19.5 Å². The van der Waals surface area contributed by atoms with E-state index in [2.05, 4.69) is 15.5 Å². The second-order valence-corrected chi connectivity index (χ2v) is 7.12. The molecular formula is C19H18F2N4O2S. The van der Waals surface area contributed by atoms with Gasteiger partial charge in [-0.2, -0.15) is 0 Å². The summed E-state index contributed by atoms with van der Waals surface area (Å²) in [7, 11) is 3.16. The summed E-state index contributed by atoms with van der Waals surface area (Å²) >= 11 is 1.27. The van der Waals surface area contributed by atoms with Gasteiger partial charge < -0.3 is 9.64 Å². The summed E-state index contributed by atoms with van der Waals surface area (Å²) in [5.74, 6) is -1.09. The number of halogens is 2. The maximum Gasteiger partial charge on any atom is 0.323 e. The number of anilines is 1. The van der Waals surface area contributed by atoms with Gasteiger partial charge in [-0.05, 0) is 35.4 Å². The summed E-state index contributed by atoms with van der Waals surface area (Å²) in [5.41, 5.74) is 1.53. The SMILES string of the molecule is COc1ccc(Cc2nnc(NC(=O)N(C)Cc3ccc(F)c(F)c3)s2)cc1. The number of hydrogen-bond donors (Lipinski definition) is 1. The number of nitrogens with zero attached hydrogens (tertiary/aromatic N) is 3. The third-order valence-corrected chi connectivity index (χ3v) is 4.78. The van der Waals surface area contributed by atoms with Crippen LogP contribution in [-0.4, -0.2) is 35.3 Å². The Balaban J connectivity index is 1.57. The average Bonchev–Trinajstić information content (AvgIpc) is 3.12. The smallest absolute Gasteiger partial charge is 0.323 e. The van der Waals surface area contributed by atoms with Crippen LogP contribution in [0.15, 0.2) is 42.5 Å². The molecule has 0 unspecified atom stereocenters. The van der Waals surface area contributed by atoms with Gasteiger partial charge in [-0.1, -0.05) is 29.5 Å². The van der Waals surface area contributed by atoms with Crippen LogP contribution in [0.3, 0.4) is 0 Å². The van der Waals surface area contributed by atoms with Crippen LogP contribution in [0, 0.1) is 11.6 Å². The first kappa shape index (κ1) is 19.7. The molecule has 146 valence electrons. The van der Waals surface area contributed by atoms with Gasteiger partial charge >= 0.3 is 6.03 Å². The molecule has 3 rings (SSSR count). The Kier molecular flexibility index (Phi) is 6.15. The lowest BCUT2D eigenvalue weighted by Crippen LogP contribution is -2.30. The Hall–Kier alpha value is -3.07. The van der Waals surface area contributed by atoms with E-state index >= 15 is 0 Å². The van der Waals surface area contributed by atoms with Crippen LogP contribution in [0.25, 0.3) is 0 Å². The Morgan fingerprint density at radius 2 is 1.82 bits per heavy atom. The number of benzene rings is 2. The summed E-state index contributed by atoms with van der Waals surface area (Å²) in [6.07, 6.45) is 0.586. The first-order chi connectivity index (χ1) is 13.4. The second-order valence-electron chi connectivity index (χ2n) is 6.06. The van der Waals surface area contributed by atoms with Gasteiger partial charge in [0.1, 0.15) is 10.8 Å². The Morgan fingerprint density at radius 3 is 2.50 bits per heavy atom. The van der Waals surface area contributed by atoms with Gasteiger partial charge in [-0.15, -0.1) is 10.2 Å². The first-order valence-corrected chi connectivity index (χ1v) is 9.17. The summed E-state index contributed by atoms with van der Waals surface area (Å²) in [5, 5.41) is 11.8. The highest BCUT2D eigenvalue weighted by Crippen LogP contribution is 2.20. The number of aromatic nitrogens is 2. The van der Waals surface area contributed by atoms with Gasteiger partial charge in [0.15, 0.2) is 11.6 Å². The van der Waals surface area contributed by atoms with Crippen molar-refractivity contribution < 1.29 is 18.3 Å². The molecule has 0 fully saturated rings. The molecule has 3 aromatic rings. The van der Waals surface area contributed by atoms with Crippen LogP contribution < -0.4 is 10.1 Å². The van der Waals surface area contributed by atoms with E-state index in [1.54, 1.807) is 14.2 Å². The number of ether oxygens (including phenoxy) is 1. The van der Waals surface area contributed by atoms with E-state index in [0.29, 0.717) is 17.1 Å². The summed E-state index contributed by atoms with van der Waals surface area (Å²) in [6.45, 7) is 0.126. The molecule has 0 aliphatic carbocycles. The molecule has 0 radical (unpaired) electrons. The quantitative estimate of drug-likeness (QED) is 0.672. The lowest BCUT2D eigenvalue weighted by Gasteiger charge is -2.17. The molecule has 9 heteroatoms. The molecule has 1 aromatic heterocycles. The van der Waals surface area contributed by atoms with Crippen molar-refractivity contribution in [3.63, 3.8) is 0 Å². The maximum atomic E-state index is 13.3. The van der Waals surface area contributed by atoms with Gasteiger partial charge in [0, 0.05) is 20.0 Å². The summed E-state index contributed by atoms with van der Waals surface area (Å²) < 4.78 is 31.4. The van der Waals surface area contributed by atoms with Gasteiger partial charge in [0.05, 0.1) is 7.11 Å². The third-order valence-electron chi connectivity index (χ3n) is 3.95. The second kappa shape index (κ2) is 8.75. The van der Waals surface area contributed by atoms with E-state index in [1.807, 2.05) is 24.3 Å². The number of carbonyl (C=O) groups excluding carboxylic acids is 1. The number of nitrogens with one attached hydrogen (secondary N) is 1. The minimum atomic E-state index is -0.946. The predicted octanol–water partition coefficient (Wildman–Crippen LogP) is 4.08. The van der Waals surface area contributed by atoms with Crippen molar-refractivity contribution >= 4 is 22.5 Å². The number of amides is 2. The van der Waals surface area contributed by atoms with Gasteiger partial charge in [-0.25, -0.2) is 13.6 Å². The van der Waals surface area contributed by atoms with Crippen molar-refractivity contribution in [3.8, 4) is 5.75 Å². The zero-order valence-corrected chi connectivity index (χ0v) is 16.1. The average molecular weight is 404 g/mol. The lowest BCUT2D eigenvalue weighted by atomic mass is 10.1. The van der Waals surface area contributed by atoms with E-state index < -0.39 is 17.7 Å². The zero-order chi connectivity index (χ0) is 20.1. The van der Waals surface area contributed by atoms with E-state index in [0.717, 1.165) is 28.5 Å². The van der Waals surface area contributed by atoms with E-state index in [1.165, 1.54) is 22.3 Å². The van der Waals surface area contributed by atoms with Crippen molar-refractivity contribution in [2.45, 2.75) is 13.0 Å².